The lowest BCUT2D eigenvalue weighted by Crippen LogP contribution is -2.26. The van der Waals surface area contributed by atoms with Crippen LogP contribution in [0.4, 0.5) is 0 Å². The Morgan fingerprint density at radius 1 is 1.29 bits per heavy atom. The molecule has 7 heteroatoms. The van der Waals surface area contributed by atoms with E-state index < -0.39 is 10.0 Å². The van der Waals surface area contributed by atoms with Crippen molar-refractivity contribution in [1.82, 2.24) is 14.5 Å². The van der Waals surface area contributed by atoms with Crippen LogP contribution in [0.1, 0.15) is 17.7 Å². The second kappa shape index (κ2) is 7.20. The lowest BCUT2D eigenvalue weighted by Gasteiger charge is -2.07. The molecule has 0 aliphatic carbocycles. The molecule has 0 bridgehead atoms. The van der Waals surface area contributed by atoms with Gasteiger partial charge in [0, 0.05) is 19.3 Å². The predicted octanol–water partition coefficient (Wildman–Crippen LogP) is 2.46. The van der Waals surface area contributed by atoms with Crippen molar-refractivity contribution in [1.29, 1.82) is 0 Å². The van der Waals surface area contributed by atoms with E-state index in [1.165, 1.54) is 0 Å². The number of hydrogen-bond acceptors (Lipinski definition) is 3. The molecule has 1 aromatic heterocycles. The molecule has 1 N–H and O–H groups in total. The number of aromatic nitrogens is 2. The predicted molar refractivity (Wildman–Crippen MR) is 86.3 cm³/mol. The van der Waals surface area contributed by atoms with E-state index >= 15 is 0 Å². The molecule has 0 fully saturated rings. The minimum Gasteiger partial charge on any atom is -0.271 e. The fourth-order valence-corrected chi connectivity index (χ4v) is 3.43. The van der Waals surface area contributed by atoms with Crippen LogP contribution in [0.25, 0.3) is 0 Å². The molecule has 2 aromatic rings. The summed E-state index contributed by atoms with van der Waals surface area (Å²) < 4.78 is 29.3. The van der Waals surface area contributed by atoms with Gasteiger partial charge in [-0.2, -0.15) is 5.10 Å². The Kier molecular flexibility index (Phi) is 5.55. The smallest absolute Gasteiger partial charge is 0.215 e. The molecule has 2 rings (SSSR count). The topological polar surface area (TPSA) is 64.0 Å². The Labute approximate surface area is 133 Å². The Bertz CT molecular complexity index is 664. The lowest BCUT2D eigenvalue weighted by atomic mass is 10.2. The summed E-state index contributed by atoms with van der Waals surface area (Å²) in [6.07, 6.45) is 2.59. The molecule has 1 aromatic carbocycles. The van der Waals surface area contributed by atoms with Crippen molar-refractivity contribution in [3.05, 3.63) is 52.3 Å². The van der Waals surface area contributed by atoms with Gasteiger partial charge in [-0.3, -0.25) is 4.68 Å². The summed E-state index contributed by atoms with van der Waals surface area (Å²) in [5.41, 5.74) is 1.72. The first-order chi connectivity index (χ1) is 9.96. The van der Waals surface area contributed by atoms with E-state index in [-0.39, 0.29) is 5.75 Å². The Balaban J connectivity index is 1.77. The molecule has 1 heterocycles. The van der Waals surface area contributed by atoms with Crippen LogP contribution in [0, 0.1) is 6.92 Å². The molecule has 114 valence electrons. The van der Waals surface area contributed by atoms with Gasteiger partial charge in [-0.05, 0) is 34.8 Å². The Morgan fingerprint density at radius 2 is 2.00 bits per heavy atom. The Hall–Kier alpha value is -1.18. The third kappa shape index (κ3) is 5.26. The first kappa shape index (κ1) is 16.2. The van der Waals surface area contributed by atoms with Gasteiger partial charge in [0.15, 0.2) is 0 Å². The van der Waals surface area contributed by atoms with Gasteiger partial charge in [-0.1, -0.05) is 30.3 Å². The first-order valence-electron chi connectivity index (χ1n) is 6.67. The van der Waals surface area contributed by atoms with E-state index in [0.29, 0.717) is 19.5 Å². The molecule has 0 unspecified atom stereocenters. The molecule has 0 aliphatic heterocycles. The van der Waals surface area contributed by atoms with Gasteiger partial charge in [0.1, 0.15) is 0 Å². The Morgan fingerprint density at radius 3 is 2.62 bits per heavy atom. The van der Waals surface area contributed by atoms with E-state index in [1.54, 1.807) is 0 Å². The second-order valence-corrected chi connectivity index (χ2v) is 7.48. The molecule has 0 saturated heterocycles. The zero-order valence-corrected chi connectivity index (χ0v) is 14.2. The number of hydrogen-bond donors (Lipinski definition) is 1. The van der Waals surface area contributed by atoms with Crippen molar-refractivity contribution in [3.63, 3.8) is 0 Å². The van der Waals surface area contributed by atoms with Gasteiger partial charge in [0.05, 0.1) is 15.9 Å². The highest BCUT2D eigenvalue weighted by Gasteiger charge is 2.10. The average Bonchev–Trinajstić information content (AvgIpc) is 2.75. The highest BCUT2D eigenvalue weighted by Crippen LogP contribution is 2.13. The minimum atomic E-state index is -3.28. The molecule has 0 amide bonds. The number of halogens is 1. The molecule has 0 spiro atoms. The van der Waals surface area contributed by atoms with Crippen LogP contribution in [0.3, 0.4) is 0 Å². The van der Waals surface area contributed by atoms with Crippen LogP contribution >= 0.6 is 15.9 Å². The summed E-state index contributed by atoms with van der Waals surface area (Å²) in [6.45, 7) is 3.01. The second-order valence-electron chi connectivity index (χ2n) is 4.82. The van der Waals surface area contributed by atoms with Crippen LogP contribution in [0.2, 0.25) is 0 Å². The third-order valence-corrected chi connectivity index (χ3v) is 5.11. The number of sulfonamides is 1. The molecule has 21 heavy (non-hydrogen) atoms. The van der Waals surface area contributed by atoms with Crippen molar-refractivity contribution in [3.8, 4) is 0 Å². The van der Waals surface area contributed by atoms with Gasteiger partial charge in [0.2, 0.25) is 10.0 Å². The van der Waals surface area contributed by atoms with Crippen molar-refractivity contribution in [2.24, 2.45) is 0 Å². The molecule has 5 nitrogen and oxygen atoms in total. The van der Waals surface area contributed by atoms with Crippen molar-refractivity contribution < 1.29 is 8.42 Å². The van der Waals surface area contributed by atoms with Gasteiger partial charge >= 0.3 is 0 Å². The minimum absolute atomic E-state index is 0.0142. The van der Waals surface area contributed by atoms with E-state index in [0.717, 1.165) is 15.7 Å². The SMILES string of the molecule is Cc1nn(CCCNS(=O)(=O)Cc2ccccc2)cc1Br. The summed E-state index contributed by atoms with van der Waals surface area (Å²) in [6, 6.07) is 9.16. The number of rotatable bonds is 7. The zero-order chi connectivity index (χ0) is 15.3. The molecule has 0 radical (unpaired) electrons. The molecule has 0 atom stereocenters. The largest absolute Gasteiger partial charge is 0.271 e. The summed E-state index contributed by atoms with van der Waals surface area (Å²) in [5.74, 6) is 0.0142. The van der Waals surface area contributed by atoms with Gasteiger partial charge in [-0.25, -0.2) is 13.1 Å². The summed E-state index contributed by atoms with van der Waals surface area (Å²) in [5, 5.41) is 4.30. The zero-order valence-electron chi connectivity index (χ0n) is 11.8. The van der Waals surface area contributed by atoms with Crippen LogP contribution in [0.5, 0.6) is 0 Å². The van der Waals surface area contributed by atoms with Crippen LogP contribution in [0.15, 0.2) is 41.0 Å². The molecule has 0 saturated carbocycles. The highest BCUT2D eigenvalue weighted by molar-refractivity contribution is 9.10. The fourth-order valence-electron chi connectivity index (χ4n) is 1.92. The van der Waals surface area contributed by atoms with Gasteiger partial charge < -0.3 is 0 Å². The van der Waals surface area contributed by atoms with E-state index in [4.69, 9.17) is 0 Å². The molecular weight excluding hydrogens is 354 g/mol. The number of nitrogens with zero attached hydrogens (tertiary/aromatic N) is 2. The monoisotopic (exact) mass is 371 g/mol. The van der Waals surface area contributed by atoms with E-state index in [2.05, 4.69) is 25.8 Å². The number of nitrogens with one attached hydrogen (secondary N) is 1. The van der Waals surface area contributed by atoms with Gasteiger partial charge in [0.25, 0.3) is 0 Å². The quantitative estimate of drug-likeness (QED) is 0.760. The van der Waals surface area contributed by atoms with E-state index in [1.807, 2.05) is 48.1 Å². The standard InChI is InChI=1S/C14H18BrN3O2S/c1-12-14(15)10-18(17-12)9-5-8-16-21(19,20)11-13-6-3-2-4-7-13/h2-4,6-7,10,16H,5,8-9,11H2,1H3. The van der Waals surface area contributed by atoms with Gasteiger partial charge in [-0.15, -0.1) is 0 Å². The molecule has 0 aliphatic rings. The normalized spacial score (nSPS) is 11.7. The lowest BCUT2D eigenvalue weighted by molar-refractivity contribution is 0.550. The molecular formula is C14H18BrN3O2S. The maximum Gasteiger partial charge on any atom is 0.215 e. The van der Waals surface area contributed by atoms with Crippen LogP contribution in [-0.2, 0) is 22.3 Å². The third-order valence-electron chi connectivity index (χ3n) is 2.97. The van der Waals surface area contributed by atoms with Crippen molar-refractivity contribution in [2.75, 3.05) is 6.54 Å². The van der Waals surface area contributed by atoms with E-state index in [9.17, 15) is 8.42 Å². The highest BCUT2D eigenvalue weighted by atomic mass is 79.9. The summed E-state index contributed by atoms with van der Waals surface area (Å²) in [7, 11) is -3.28. The van der Waals surface area contributed by atoms with Crippen molar-refractivity contribution >= 4 is 26.0 Å². The van der Waals surface area contributed by atoms with Crippen LogP contribution in [-0.4, -0.2) is 24.7 Å². The number of benzene rings is 1. The van der Waals surface area contributed by atoms with Crippen molar-refractivity contribution in [2.45, 2.75) is 25.6 Å². The van der Waals surface area contributed by atoms with Crippen LogP contribution < -0.4 is 4.72 Å². The summed E-state index contributed by atoms with van der Waals surface area (Å²) in [4.78, 5) is 0. The maximum absolute atomic E-state index is 11.9. The summed E-state index contributed by atoms with van der Waals surface area (Å²) >= 11 is 3.40. The number of aryl methyl sites for hydroxylation is 2. The average molecular weight is 372 g/mol. The fraction of sp³-hybridized carbons (Fsp3) is 0.357. The first-order valence-corrected chi connectivity index (χ1v) is 9.11. The maximum atomic E-state index is 11.9.